The summed E-state index contributed by atoms with van der Waals surface area (Å²) in [7, 11) is 0. The quantitative estimate of drug-likeness (QED) is 0.847. The summed E-state index contributed by atoms with van der Waals surface area (Å²) in [5, 5.41) is 13.1. The normalized spacial score (nSPS) is 20.4. The number of hydrogen-bond acceptors (Lipinski definition) is 3. The van der Waals surface area contributed by atoms with Gasteiger partial charge in [-0.1, -0.05) is 23.7 Å². The number of aliphatic hydroxyl groups is 1. The molecule has 0 bridgehead atoms. The maximum Gasteiger partial charge on any atom is 0.234 e. The SMILES string of the molecule is CC(O)CC1CCCN1CC(=O)NCc1ccc(Cl)cc1. The molecule has 0 radical (unpaired) electrons. The average Bonchev–Trinajstić information content (AvgIpc) is 2.84. The maximum absolute atomic E-state index is 12.0. The molecule has 2 unspecified atom stereocenters. The standard InChI is InChI=1S/C16H23ClN2O2/c1-12(20)9-15-3-2-8-19(15)11-16(21)18-10-13-4-6-14(17)7-5-13/h4-7,12,15,20H,2-3,8-11H2,1H3,(H,18,21). The molecule has 0 aliphatic carbocycles. The van der Waals surface area contributed by atoms with Gasteiger partial charge in [-0.25, -0.2) is 0 Å². The first-order valence-electron chi connectivity index (χ1n) is 7.48. The van der Waals surface area contributed by atoms with Crippen LogP contribution in [0.25, 0.3) is 0 Å². The van der Waals surface area contributed by atoms with Crippen molar-refractivity contribution in [2.75, 3.05) is 13.1 Å². The maximum atomic E-state index is 12.0. The van der Waals surface area contributed by atoms with Crippen LogP contribution in [0.15, 0.2) is 24.3 Å². The number of rotatable bonds is 6. The van der Waals surface area contributed by atoms with Crippen LogP contribution in [0.3, 0.4) is 0 Å². The number of amides is 1. The Hall–Kier alpha value is -1.10. The predicted molar refractivity (Wildman–Crippen MR) is 84.2 cm³/mol. The Balaban J connectivity index is 1.77. The zero-order valence-corrected chi connectivity index (χ0v) is 13.1. The molecule has 1 heterocycles. The fraction of sp³-hybridized carbons (Fsp3) is 0.562. The average molecular weight is 311 g/mol. The summed E-state index contributed by atoms with van der Waals surface area (Å²) < 4.78 is 0. The Morgan fingerprint density at radius 2 is 2.19 bits per heavy atom. The molecule has 4 nitrogen and oxygen atoms in total. The molecule has 1 saturated heterocycles. The smallest absolute Gasteiger partial charge is 0.234 e. The van der Waals surface area contributed by atoms with Crippen molar-refractivity contribution in [3.63, 3.8) is 0 Å². The van der Waals surface area contributed by atoms with E-state index in [-0.39, 0.29) is 12.0 Å². The molecule has 116 valence electrons. The van der Waals surface area contributed by atoms with Crippen LogP contribution in [-0.2, 0) is 11.3 Å². The van der Waals surface area contributed by atoms with Gasteiger partial charge in [0, 0.05) is 17.6 Å². The molecular weight excluding hydrogens is 288 g/mol. The summed E-state index contributed by atoms with van der Waals surface area (Å²) in [4.78, 5) is 14.2. The van der Waals surface area contributed by atoms with Gasteiger partial charge in [0.25, 0.3) is 0 Å². The number of benzene rings is 1. The molecular formula is C16H23ClN2O2. The van der Waals surface area contributed by atoms with E-state index in [2.05, 4.69) is 10.2 Å². The number of likely N-dealkylation sites (tertiary alicyclic amines) is 1. The third-order valence-corrected chi connectivity index (χ3v) is 4.11. The highest BCUT2D eigenvalue weighted by molar-refractivity contribution is 6.30. The first-order valence-corrected chi connectivity index (χ1v) is 7.85. The summed E-state index contributed by atoms with van der Waals surface area (Å²) in [5.74, 6) is 0.0300. The summed E-state index contributed by atoms with van der Waals surface area (Å²) >= 11 is 5.83. The number of carbonyl (C=O) groups excluding carboxylic acids is 1. The Morgan fingerprint density at radius 3 is 2.86 bits per heavy atom. The Bertz CT molecular complexity index is 462. The van der Waals surface area contributed by atoms with Gasteiger partial charge in [-0.05, 0) is 50.4 Å². The second-order valence-electron chi connectivity index (χ2n) is 5.75. The van der Waals surface area contributed by atoms with E-state index < -0.39 is 0 Å². The van der Waals surface area contributed by atoms with E-state index in [9.17, 15) is 9.90 Å². The molecule has 0 aromatic heterocycles. The molecule has 2 atom stereocenters. The van der Waals surface area contributed by atoms with E-state index in [1.54, 1.807) is 6.92 Å². The van der Waals surface area contributed by atoms with Crippen LogP contribution < -0.4 is 5.32 Å². The van der Waals surface area contributed by atoms with Gasteiger partial charge in [0.05, 0.1) is 12.6 Å². The van der Waals surface area contributed by atoms with E-state index in [1.807, 2.05) is 24.3 Å². The number of carbonyl (C=O) groups is 1. The van der Waals surface area contributed by atoms with Crippen molar-refractivity contribution in [2.45, 2.75) is 44.9 Å². The highest BCUT2D eigenvalue weighted by Gasteiger charge is 2.26. The zero-order chi connectivity index (χ0) is 15.2. The van der Waals surface area contributed by atoms with Gasteiger partial charge in [0.1, 0.15) is 0 Å². The summed E-state index contributed by atoms with van der Waals surface area (Å²) in [6.45, 7) is 3.67. The second kappa shape index (κ2) is 7.78. The van der Waals surface area contributed by atoms with Crippen LogP contribution in [0.5, 0.6) is 0 Å². The van der Waals surface area contributed by atoms with E-state index >= 15 is 0 Å². The second-order valence-corrected chi connectivity index (χ2v) is 6.19. The summed E-state index contributed by atoms with van der Waals surface area (Å²) in [5.41, 5.74) is 1.04. The van der Waals surface area contributed by atoms with Gasteiger partial charge in [-0.3, -0.25) is 9.69 Å². The minimum Gasteiger partial charge on any atom is -0.393 e. The number of halogens is 1. The lowest BCUT2D eigenvalue weighted by Crippen LogP contribution is -2.40. The predicted octanol–water partition coefficient (Wildman–Crippen LogP) is 2.19. The van der Waals surface area contributed by atoms with Crippen LogP contribution >= 0.6 is 11.6 Å². The van der Waals surface area contributed by atoms with Gasteiger partial charge >= 0.3 is 0 Å². The Labute approximate surface area is 131 Å². The molecule has 2 rings (SSSR count). The van der Waals surface area contributed by atoms with Crippen molar-refractivity contribution in [1.29, 1.82) is 0 Å². The molecule has 0 saturated carbocycles. The summed E-state index contributed by atoms with van der Waals surface area (Å²) in [6.07, 6.45) is 2.59. The lowest BCUT2D eigenvalue weighted by atomic mass is 10.1. The van der Waals surface area contributed by atoms with E-state index in [0.29, 0.717) is 24.2 Å². The monoisotopic (exact) mass is 310 g/mol. The van der Waals surface area contributed by atoms with Gasteiger partial charge < -0.3 is 10.4 Å². The largest absolute Gasteiger partial charge is 0.393 e. The molecule has 1 aliphatic rings. The first kappa shape index (κ1) is 16.3. The third kappa shape index (κ3) is 5.30. The van der Waals surface area contributed by atoms with Crippen LogP contribution in [-0.4, -0.2) is 41.1 Å². The highest BCUT2D eigenvalue weighted by atomic mass is 35.5. The molecule has 1 fully saturated rings. The van der Waals surface area contributed by atoms with Crippen molar-refractivity contribution in [2.24, 2.45) is 0 Å². The first-order chi connectivity index (χ1) is 10.0. The summed E-state index contributed by atoms with van der Waals surface area (Å²) in [6, 6.07) is 7.79. The lowest BCUT2D eigenvalue weighted by molar-refractivity contribution is -0.122. The molecule has 5 heteroatoms. The van der Waals surface area contributed by atoms with Gasteiger partial charge in [-0.2, -0.15) is 0 Å². The molecule has 2 N–H and O–H groups in total. The van der Waals surface area contributed by atoms with Crippen LogP contribution in [0.1, 0.15) is 31.7 Å². The van der Waals surface area contributed by atoms with Crippen molar-refractivity contribution in [1.82, 2.24) is 10.2 Å². The van der Waals surface area contributed by atoms with Crippen LogP contribution in [0.2, 0.25) is 5.02 Å². The highest BCUT2D eigenvalue weighted by Crippen LogP contribution is 2.20. The fourth-order valence-corrected chi connectivity index (χ4v) is 2.93. The van der Waals surface area contributed by atoms with Crippen molar-refractivity contribution in [3.05, 3.63) is 34.9 Å². The van der Waals surface area contributed by atoms with Gasteiger partial charge in [0.15, 0.2) is 0 Å². The van der Waals surface area contributed by atoms with Crippen molar-refractivity contribution in [3.8, 4) is 0 Å². The number of hydrogen-bond donors (Lipinski definition) is 2. The molecule has 1 aromatic rings. The molecule has 0 spiro atoms. The molecule has 1 aliphatic heterocycles. The van der Waals surface area contributed by atoms with Crippen LogP contribution in [0.4, 0.5) is 0 Å². The molecule has 21 heavy (non-hydrogen) atoms. The van der Waals surface area contributed by atoms with E-state index in [0.717, 1.165) is 31.4 Å². The van der Waals surface area contributed by atoms with Crippen molar-refractivity contribution < 1.29 is 9.90 Å². The minimum absolute atomic E-state index is 0.0300. The third-order valence-electron chi connectivity index (χ3n) is 3.86. The number of nitrogens with one attached hydrogen (secondary N) is 1. The topological polar surface area (TPSA) is 52.6 Å². The molecule has 1 aromatic carbocycles. The van der Waals surface area contributed by atoms with Gasteiger partial charge in [-0.15, -0.1) is 0 Å². The van der Waals surface area contributed by atoms with Crippen molar-refractivity contribution >= 4 is 17.5 Å². The van der Waals surface area contributed by atoms with Crippen LogP contribution in [0, 0.1) is 0 Å². The fourth-order valence-electron chi connectivity index (χ4n) is 2.81. The van der Waals surface area contributed by atoms with Gasteiger partial charge in [0.2, 0.25) is 5.91 Å². The Kier molecular flexibility index (Phi) is 6.03. The zero-order valence-electron chi connectivity index (χ0n) is 12.4. The number of nitrogens with zero attached hydrogens (tertiary/aromatic N) is 1. The number of aliphatic hydroxyl groups excluding tert-OH is 1. The van der Waals surface area contributed by atoms with E-state index in [4.69, 9.17) is 11.6 Å². The van der Waals surface area contributed by atoms with E-state index in [1.165, 1.54) is 0 Å². The lowest BCUT2D eigenvalue weighted by Gasteiger charge is -2.24. The molecule has 1 amide bonds. The minimum atomic E-state index is -0.312. The Morgan fingerprint density at radius 1 is 1.48 bits per heavy atom.